The van der Waals surface area contributed by atoms with Crippen molar-refractivity contribution in [3.63, 3.8) is 0 Å². The minimum Gasteiger partial charge on any atom is -0.321 e. The van der Waals surface area contributed by atoms with Gasteiger partial charge in [-0.25, -0.2) is 8.42 Å². The summed E-state index contributed by atoms with van der Waals surface area (Å²) in [4.78, 5) is 13.8. The quantitative estimate of drug-likeness (QED) is 0.547. The Hall–Kier alpha value is -2.77. The van der Waals surface area contributed by atoms with Gasteiger partial charge in [-0.2, -0.15) is 0 Å². The van der Waals surface area contributed by atoms with E-state index in [-0.39, 0.29) is 17.3 Å². The van der Waals surface area contributed by atoms with Gasteiger partial charge in [-0.05, 0) is 61.7 Å². The standard InChI is InChI=1S/C22H22N2O3S2/c1-3-24(29(26,27)19-9-5-4-6-10-19)18-15-13-17(14-16-18)22(25)23-20-11-7-8-12-21(20)28-2/h4-16H,3H2,1-2H3,(H,23,25). The van der Waals surface area contributed by atoms with Gasteiger partial charge in [0.2, 0.25) is 0 Å². The van der Waals surface area contributed by atoms with Crippen LogP contribution < -0.4 is 9.62 Å². The molecule has 0 fully saturated rings. The van der Waals surface area contributed by atoms with Gasteiger partial charge in [0.15, 0.2) is 0 Å². The summed E-state index contributed by atoms with van der Waals surface area (Å²) in [5.74, 6) is -0.244. The first kappa shape index (κ1) is 21.0. The molecule has 29 heavy (non-hydrogen) atoms. The second-order valence-electron chi connectivity index (χ2n) is 6.18. The smallest absolute Gasteiger partial charge is 0.264 e. The van der Waals surface area contributed by atoms with Crippen LogP contribution in [0.2, 0.25) is 0 Å². The summed E-state index contributed by atoms with van der Waals surface area (Å²) in [6, 6.07) is 22.5. The van der Waals surface area contributed by atoms with Crippen LogP contribution in [0.15, 0.2) is 88.7 Å². The number of para-hydroxylation sites is 1. The number of sulfonamides is 1. The highest BCUT2D eigenvalue weighted by atomic mass is 32.2. The van der Waals surface area contributed by atoms with Crippen LogP contribution in [0, 0.1) is 0 Å². The van der Waals surface area contributed by atoms with Crippen molar-refractivity contribution < 1.29 is 13.2 Å². The Morgan fingerprint density at radius 2 is 1.55 bits per heavy atom. The Balaban J connectivity index is 1.82. The second kappa shape index (κ2) is 9.15. The molecule has 1 amide bonds. The van der Waals surface area contributed by atoms with E-state index in [1.54, 1.807) is 73.3 Å². The van der Waals surface area contributed by atoms with E-state index in [0.717, 1.165) is 10.6 Å². The van der Waals surface area contributed by atoms with Crippen LogP contribution >= 0.6 is 11.8 Å². The van der Waals surface area contributed by atoms with E-state index in [1.807, 2.05) is 30.5 Å². The molecule has 0 saturated heterocycles. The largest absolute Gasteiger partial charge is 0.321 e. The molecule has 0 saturated carbocycles. The summed E-state index contributed by atoms with van der Waals surface area (Å²) >= 11 is 1.55. The van der Waals surface area contributed by atoms with E-state index in [2.05, 4.69) is 5.32 Å². The third-order valence-electron chi connectivity index (χ3n) is 4.39. The van der Waals surface area contributed by atoms with Gasteiger partial charge in [-0.1, -0.05) is 30.3 Å². The molecular formula is C22H22N2O3S2. The van der Waals surface area contributed by atoms with Crippen molar-refractivity contribution in [2.45, 2.75) is 16.7 Å². The molecule has 3 aromatic rings. The molecule has 0 unspecified atom stereocenters. The van der Waals surface area contributed by atoms with Gasteiger partial charge in [0.25, 0.3) is 15.9 Å². The molecule has 0 atom stereocenters. The molecule has 0 spiro atoms. The summed E-state index contributed by atoms with van der Waals surface area (Å²) in [6.07, 6.45) is 1.95. The summed E-state index contributed by atoms with van der Waals surface area (Å²) in [5.41, 5.74) is 1.71. The predicted octanol–water partition coefficient (Wildman–Crippen LogP) is 4.88. The van der Waals surface area contributed by atoms with Gasteiger partial charge in [0.1, 0.15) is 0 Å². The highest BCUT2D eigenvalue weighted by molar-refractivity contribution is 7.98. The molecule has 0 aromatic heterocycles. The molecule has 150 valence electrons. The van der Waals surface area contributed by atoms with Crippen molar-refractivity contribution in [1.29, 1.82) is 0 Å². The van der Waals surface area contributed by atoms with Crippen molar-refractivity contribution in [3.8, 4) is 0 Å². The number of carbonyl (C=O) groups is 1. The summed E-state index contributed by atoms with van der Waals surface area (Å²) < 4.78 is 27.2. The van der Waals surface area contributed by atoms with E-state index in [1.165, 1.54) is 4.31 Å². The maximum Gasteiger partial charge on any atom is 0.264 e. The van der Waals surface area contributed by atoms with Crippen LogP contribution in [0.1, 0.15) is 17.3 Å². The van der Waals surface area contributed by atoms with Gasteiger partial charge in [0.05, 0.1) is 16.3 Å². The predicted molar refractivity (Wildman–Crippen MR) is 119 cm³/mol. The van der Waals surface area contributed by atoms with Gasteiger partial charge in [-0.15, -0.1) is 11.8 Å². The van der Waals surface area contributed by atoms with Crippen molar-refractivity contribution in [1.82, 2.24) is 0 Å². The molecule has 3 aromatic carbocycles. The van der Waals surface area contributed by atoms with Gasteiger partial charge in [-0.3, -0.25) is 9.10 Å². The van der Waals surface area contributed by atoms with Crippen LogP contribution in [-0.4, -0.2) is 27.1 Å². The number of anilines is 2. The number of amides is 1. The number of thioether (sulfide) groups is 1. The molecule has 0 radical (unpaired) electrons. The normalized spacial score (nSPS) is 11.1. The fourth-order valence-electron chi connectivity index (χ4n) is 2.93. The maximum atomic E-state index is 12.9. The van der Waals surface area contributed by atoms with Crippen LogP contribution in [-0.2, 0) is 10.0 Å². The Morgan fingerprint density at radius 1 is 0.931 bits per heavy atom. The average molecular weight is 427 g/mol. The van der Waals surface area contributed by atoms with E-state index < -0.39 is 10.0 Å². The second-order valence-corrected chi connectivity index (χ2v) is 8.89. The molecule has 0 bridgehead atoms. The average Bonchev–Trinajstić information content (AvgIpc) is 2.75. The molecule has 7 heteroatoms. The van der Waals surface area contributed by atoms with Crippen molar-refractivity contribution in [2.24, 2.45) is 0 Å². The highest BCUT2D eigenvalue weighted by Gasteiger charge is 2.23. The van der Waals surface area contributed by atoms with Gasteiger partial charge < -0.3 is 5.32 Å². The fraction of sp³-hybridized carbons (Fsp3) is 0.136. The van der Waals surface area contributed by atoms with E-state index in [9.17, 15) is 13.2 Å². The first-order valence-electron chi connectivity index (χ1n) is 9.09. The summed E-state index contributed by atoms with van der Waals surface area (Å²) in [5, 5.41) is 2.90. The minimum atomic E-state index is -3.66. The number of nitrogens with zero attached hydrogens (tertiary/aromatic N) is 1. The van der Waals surface area contributed by atoms with Crippen LogP contribution in [0.3, 0.4) is 0 Å². The first-order valence-corrected chi connectivity index (χ1v) is 11.8. The molecule has 0 aliphatic carbocycles. The van der Waals surface area contributed by atoms with Crippen LogP contribution in [0.25, 0.3) is 0 Å². The highest BCUT2D eigenvalue weighted by Crippen LogP contribution is 2.26. The zero-order valence-corrected chi connectivity index (χ0v) is 17.8. The SMILES string of the molecule is CCN(c1ccc(C(=O)Nc2ccccc2SC)cc1)S(=O)(=O)c1ccccc1. The van der Waals surface area contributed by atoms with E-state index in [0.29, 0.717) is 11.3 Å². The lowest BCUT2D eigenvalue weighted by molar-refractivity contribution is 0.102. The van der Waals surface area contributed by atoms with E-state index in [4.69, 9.17) is 0 Å². The molecular weight excluding hydrogens is 404 g/mol. The lowest BCUT2D eigenvalue weighted by atomic mass is 10.2. The Bertz CT molecular complexity index is 1080. The molecule has 1 N–H and O–H groups in total. The lowest BCUT2D eigenvalue weighted by Crippen LogP contribution is -2.30. The van der Waals surface area contributed by atoms with Crippen molar-refractivity contribution in [2.75, 3.05) is 22.4 Å². The van der Waals surface area contributed by atoms with Crippen molar-refractivity contribution in [3.05, 3.63) is 84.4 Å². The van der Waals surface area contributed by atoms with Gasteiger partial charge in [0, 0.05) is 17.0 Å². The lowest BCUT2D eigenvalue weighted by Gasteiger charge is -2.23. The Labute approximate surface area is 175 Å². The van der Waals surface area contributed by atoms with Crippen molar-refractivity contribution >= 4 is 39.1 Å². The third kappa shape index (κ3) is 4.63. The molecule has 3 rings (SSSR count). The number of carbonyl (C=O) groups excluding carboxylic acids is 1. The maximum absolute atomic E-state index is 12.9. The zero-order valence-electron chi connectivity index (χ0n) is 16.2. The van der Waals surface area contributed by atoms with Crippen LogP contribution in [0.4, 0.5) is 11.4 Å². The Morgan fingerprint density at radius 3 is 2.17 bits per heavy atom. The number of benzene rings is 3. The molecule has 0 aliphatic rings. The third-order valence-corrected chi connectivity index (χ3v) is 7.10. The molecule has 5 nitrogen and oxygen atoms in total. The summed E-state index contributed by atoms with van der Waals surface area (Å²) in [6.45, 7) is 2.06. The monoisotopic (exact) mass is 426 g/mol. The first-order chi connectivity index (χ1) is 14.0. The summed E-state index contributed by atoms with van der Waals surface area (Å²) in [7, 11) is -3.66. The number of rotatable bonds is 7. The topological polar surface area (TPSA) is 66.5 Å². The minimum absolute atomic E-state index is 0.234. The van der Waals surface area contributed by atoms with Crippen LogP contribution in [0.5, 0.6) is 0 Å². The number of hydrogen-bond acceptors (Lipinski definition) is 4. The fourth-order valence-corrected chi connectivity index (χ4v) is 4.98. The van der Waals surface area contributed by atoms with E-state index >= 15 is 0 Å². The molecule has 0 aliphatic heterocycles. The molecule has 0 heterocycles. The van der Waals surface area contributed by atoms with Gasteiger partial charge >= 0.3 is 0 Å². The zero-order chi connectivity index (χ0) is 20.9. The Kier molecular flexibility index (Phi) is 6.61. The number of nitrogens with one attached hydrogen (secondary N) is 1. The number of hydrogen-bond donors (Lipinski definition) is 1.